The van der Waals surface area contributed by atoms with Crippen LogP contribution >= 0.6 is 0 Å². The Morgan fingerprint density at radius 2 is 2.12 bits per heavy atom. The van der Waals surface area contributed by atoms with Crippen LogP contribution in [0.3, 0.4) is 0 Å². The van der Waals surface area contributed by atoms with E-state index in [0.717, 1.165) is 17.7 Å². The summed E-state index contributed by atoms with van der Waals surface area (Å²) in [5.41, 5.74) is 2.42. The molecule has 0 radical (unpaired) electrons. The van der Waals surface area contributed by atoms with Crippen molar-refractivity contribution < 1.29 is 19.1 Å². The number of hydrogen-bond donors (Lipinski definition) is 1. The lowest BCUT2D eigenvalue weighted by Crippen LogP contribution is -2.37. The van der Waals surface area contributed by atoms with Crippen molar-refractivity contribution in [2.24, 2.45) is 0 Å². The van der Waals surface area contributed by atoms with Crippen molar-refractivity contribution in [3.8, 4) is 0 Å². The van der Waals surface area contributed by atoms with E-state index in [-0.39, 0.29) is 24.4 Å². The van der Waals surface area contributed by atoms with Crippen LogP contribution in [0.1, 0.15) is 32.8 Å². The molecule has 1 atom stereocenters. The number of carbonyl (C=O) groups is 3. The molecule has 2 aliphatic rings. The first-order valence-corrected chi connectivity index (χ1v) is 8.63. The van der Waals surface area contributed by atoms with E-state index in [9.17, 15) is 14.4 Å². The predicted octanol–water partition coefficient (Wildman–Crippen LogP) is 1.84. The molecule has 0 bridgehead atoms. The Hall–Kier alpha value is -2.57. The van der Waals surface area contributed by atoms with Crippen LogP contribution < -0.4 is 15.1 Å². The summed E-state index contributed by atoms with van der Waals surface area (Å²) >= 11 is 0. The fraction of sp³-hybridized carbons (Fsp3) is 0.500. The number of anilines is 2. The molecule has 1 aromatic rings. The van der Waals surface area contributed by atoms with Crippen molar-refractivity contribution in [1.29, 1.82) is 0 Å². The summed E-state index contributed by atoms with van der Waals surface area (Å²) in [4.78, 5) is 39.5. The van der Waals surface area contributed by atoms with Gasteiger partial charge in [0.25, 0.3) is 5.91 Å². The molecular weight excluding hydrogens is 322 g/mol. The van der Waals surface area contributed by atoms with Gasteiger partial charge in [0.2, 0.25) is 5.91 Å². The third-order valence-electron chi connectivity index (χ3n) is 4.41. The number of hydrogen-bond acceptors (Lipinski definition) is 4. The molecule has 7 nitrogen and oxygen atoms in total. The average molecular weight is 345 g/mol. The SMILES string of the molecule is CCCNC(=O)[C@@H]1CN(c2ccc3c(c2)CC(=O)N3C(C)C)C(=O)O1. The number of ether oxygens (including phenoxy) is 1. The number of carbonyl (C=O) groups excluding carboxylic acids is 3. The number of nitrogens with zero attached hydrogens (tertiary/aromatic N) is 2. The number of rotatable bonds is 5. The van der Waals surface area contributed by atoms with Crippen LogP contribution in [0.4, 0.5) is 16.2 Å². The van der Waals surface area contributed by atoms with E-state index < -0.39 is 12.2 Å². The Balaban J connectivity index is 1.78. The number of nitrogens with one attached hydrogen (secondary N) is 1. The highest BCUT2D eigenvalue weighted by Gasteiger charge is 2.38. The van der Waals surface area contributed by atoms with E-state index in [1.54, 1.807) is 11.0 Å². The minimum atomic E-state index is -0.805. The Morgan fingerprint density at radius 3 is 2.80 bits per heavy atom. The van der Waals surface area contributed by atoms with Gasteiger partial charge < -0.3 is 15.0 Å². The summed E-state index contributed by atoms with van der Waals surface area (Å²) in [6.07, 6.45) is -0.200. The highest BCUT2D eigenvalue weighted by molar-refractivity contribution is 6.03. The first-order chi connectivity index (χ1) is 11.9. The summed E-state index contributed by atoms with van der Waals surface area (Å²) in [6.45, 7) is 6.63. The quantitative estimate of drug-likeness (QED) is 0.883. The first kappa shape index (κ1) is 17.3. The van der Waals surface area contributed by atoms with Crippen molar-refractivity contribution in [3.05, 3.63) is 23.8 Å². The maximum Gasteiger partial charge on any atom is 0.415 e. The number of cyclic esters (lactones) is 1. The molecular formula is C18H23N3O4. The third-order valence-corrected chi connectivity index (χ3v) is 4.41. The fourth-order valence-corrected chi connectivity index (χ4v) is 3.24. The van der Waals surface area contributed by atoms with Crippen LogP contribution in [0.15, 0.2) is 18.2 Å². The van der Waals surface area contributed by atoms with Crippen LogP contribution in [0.2, 0.25) is 0 Å². The normalized spacial score (nSPS) is 19.4. The van der Waals surface area contributed by atoms with E-state index >= 15 is 0 Å². The van der Waals surface area contributed by atoms with Crippen LogP contribution in [0.5, 0.6) is 0 Å². The molecule has 3 amide bonds. The van der Waals surface area contributed by atoms with Crippen LogP contribution in [-0.2, 0) is 20.7 Å². The minimum Gasteiger partial charge on any atom is -0.434 e. The van der Waals surface area contributed by atoms with E-state index in [0.29, 0.717) is 18.7 Å². The van der Waals surface area contributed by atoms with E-state index in [1.165, 1.54) is 4.90 Å². The minimum absolute atomic E-state index is 0.0583. The lowest BCUT2D eigenvalue weighted by Gasteiger charge is -2.22. The van der Waals surface area contributed by atoms with Crippen LogP contribution in [0, 0.1) is 0 Å². The molecule has 0 unspecified atom stereocenters. The number of benzene rings is 1. The highest BCUT2D eigenvalue weighted by atomic mass is 16.6. The monoisotopic (exact) mass is 345 g/mol. The van der Waals surface area contributed by atoms with Gasteiger partial charge in [0.15, 0.2) is 6.10 Å². The topological polar surface area (TPSA) is 79.0 Å². The van der Waals surface area contributed by atoms with Gasteiger partial charge >= 0.3 is 6.09 Å². The van der Waals surface area contributed by atoms with Gasteiger partial charge in [-0.15, -0.1) is 0 Å². The van der Waals surface area contributed by atoms with Crippen molar-refractivity contribution in [1.82, 2.24) is 5.32 Å². The zero-order valence-corrected chi connectivity index (χ0v) is 14.7. The van der Waals surface area contributed by atoms with Gasteiger partial charge in [-0.2, -0.15) is 0 Å². The molecule has 1 saturated heterocycles. The first-order valence-electron chi connectivity index (χ1n) is 8.63. The molecule has 134 valence electrons. The van der Waals surface area contributed by atoms with Crippen molar-refractivity contribution in [2.75, 3.05) is 22.9 Å². The highest BCUT2D eigenvalue weighted by Crippen LogP contribution is 2.34. The molecule has 7 heteroatoms. The Labute approximate surface area is 146 Å². The molecule has 1 aromatic carbocycles. The summed E-state index contributed by atoms with van der Waals surface area (Å²) in [6, 6.07) is 5.57. The molecule has 0 aliphatic carbocycles. The van der Waals surface area contributed by atoms with Gasteiger partial charge in [0.1, 0.15) is 0 Å². The third kappa shape index (κ3) is 3.18. The Bertz CT molecular complexity index is 716. The van der Waals surface area contributed by atoms with E-state index in [2.05, 4.69) is 5.32 Å². The van der Waals surface area contributed by atoms with Crippen LogP contribution in [0.25, 0.3) is 0 Å². The van der Waals surface area contributed by atoms with Gasteiger partial charge in [0.05, 0.1) is 13.0 Å². The summed E-state index contributed by atoms with van der Waals surface area (Å²) in [5, 5.41) is 2.74. The lowest BCUT2D eigenvalue weighted by molar-refractivity contribution is -0.127. The summed E-state index contributed by atoms with van der Waals surface area (Å²) in [5.74, 6) is -0.219. The summed E-state index contributed by atoms with van der Waals surface area (Å²) < 4.78 is 5.18. The zero-order valence-electron chi connectivity index (χ0n) is 14.7. The molecule has 0 aromatic heterocycles. The molecule has 1 fully saturated rings. The van der Waals surface area contributed by atoms with E-state index in [4.69, 9.17) is 4.74 Å². The fourth-order valence-electron chi connectivity index (χ4n) is 3.24. The second-order valence-corrected chi connectivity index (χ2v) is 6.62. The van der Waals surface area contributed by atoms with Gasteiger partial charge in [-0.3, -0.25) is 14.5 Å². The molecule has 0 spiro atoms. The molecule has 0 saturated carbocycles. The van der Waals surface area contributed by atoms with Crippen molar-refractivity contribution in [3.63, 3.8) is 0 Å². The molecule has 2 aliphatic heterocycles. The van der Waals surface area contributed by atoms with Gasteiger partial charge in [-0.05, 0) is 44.0 Å². The van der Waals surface area contributed by atoms with Crippen molar-refractivity contribution >= 4 is 29.3 Å². The standard InChI is InChI=1S/C18H23N3O4/c1-4-7-19-17(23)15-10-20(18(24)25-15)13-5-6-14-12(8-13)9-16(22)21(14)11(2)3/h5-6,8,11,15H,4,7,9-10H2,1-3H3,(H,19,23)/t15-/m0/s1. The zero-order chi connectivity index (χ0) is 18.1. The molecule has 1 N–H and O–H groups in total. The maximum atomic E-state index is 12.2. The van der Waals surface area contributed by atoms with E-state index in [1.807, 2.05) is 32.9 Å². The smallest absolute Gasteiger partial charge is 0.415 e. The molecule has 2 heterocycles. The second kappa shape index (κ2) is 6.74. The second-order valence-electron chi connectivity index (χ2n) is 6.62. The molecule has 25 heavy (non-hydrogen) atoms. The van der Waals surface area contributed by atoms with Crippen molar-refractivity contribution in [2.45, 2.75) is 45.8 Å². The van der Waals surface area contributed by atoms with Gasteiger partial charge in [-0.25, -0.2) is 4.79 Å². The molecule has 3 rings (SSSR count). The number of amides is 3. The predicted molar refractivity (Wildman–Crippen MR) is 93.7 cm³/mol. The lowest BCUT2D eigenvalue weighted by atomic mass is 10.1. The Morgan fingerprint density at radius 1 is 1.36 bits per heavy atom. The number of fused-ring (bicyclic) bond motifs is 1. The largest absolute Gasteiger partial charge is 0.434 e. The Kier molecular flexibility index (Phi) is 4.65. The average Bonchev–Trinajstić information content (AvgIpc) is 3.11. The van der Waals surface area contributed by atoms with Gasteiger partial charge in [-0.1, -0.05) is 6.92 Å². The van der Waals surface area contributed by atoms with Gasteiger partial charge in [0, 0.05) is 24.0 Å². The maximum absolute atomic E-state index is 12.2. The van der Waals surface area contributed by atoms with Crippen LogP contribution in [-0.4, -0.2) is 43.1 Å². The summed E-state index contributed by atoms with van der Waals surface area (Å²) in [7, 11) is 0.